The number of nitrogens with zero attached hydrogens (tertiary/aromatic N) is 2. The van der Waals surface area contributed by atoms with Crippen LogP contribution in [0.1, 0.15) is 12.0 Å². The molecule has 0 bridgehead atoms. The first kappa shape index (κ1) is 16.2. The molecule has 0 amide bonds. The summed E-state index contributed by atoms with van der Waals surface area (Å²) >= 11 is 3.64. The molecule has 20 heavy (non-hydrogen) atoms. The Bertz CT molecular complexity index is 415. The van der Waals surface area contributed by atoms with E-state index in [0.717, 1.165) is 12.6 Å². The summed E-state index contributed by atoms with van der Waals surface area (Å²) in [6, 6.07) is 9.34. The largest absolute Gasteiger partial charge is 0.315 e. The summed E-state index contributed by atoms with van der Waals surface area (Å²) < 4.78 is 1.23. The Morgan fingerprint density at radius 2 is 1.90 bits per heavy atom. The molecular formula is C15H23BrClN3. The highest BCUT2D eigenvalue weighted by molar-refractivity contribution is 9.10. The maximum atomic E-state index is 3.64. The standard InChI is InChI=1S/C15H22BrN3.ClH/c16-15-4-2-1-3-13(15)12-18-7-9-19(10-8-18)14-5-6-17-11-14;/h1-4,14,17H,5-12H2;1H. The fourth-order valence-corrected chi connectivity index (χ4v) is 3.52. The van der Waals surface area contributed by atoms with Crippen LogP contribution in [0.2, 0.25) is 0 Å². The van der Waals surface area contributed by atoms with Gasteiger partial charge in [0.15, 0.2) is 0 Å². The van der Waals surface area contributed by atoms with Crippen molar-refractivity contribution >= 4 is 28.3 Å². The maximum Gasteiger partial charge on any atom is 0.0246 e. The van der Waals surface area contributed by atoms with E-state index in [1.54, 1.807) is 0 Å². The van der Waals surface area contributed by atoms with Gasteiger partial charge in [0.1, 0.15) is 0 Å². The monoisotopic (exact) mass is 359 g/mol. The van der Waals surface area contributed by atoms with Gasteiger partial charge in [-0.2, -0.15) is 0 Å². The van der Waals surface area contributed by atoms with Gasteiger partial charge in [-0.3, -0.25) is 9.80 Å². The van der Waals surface area contributed by atoms with Crippen LogP contribution >= 0.6 is 28.3 Å². The van der Waals surface area contributed by atoms with Crippen LogP contribution in [0.5, 0.6) is 0 Å². The Morgan fingerprint density at radius 3 is 2.55 bits per heavy atom. The fourth-order valence-electron chi connectivity index (χ4n) is 3.11. The third-order valence-electron chi connectivity index (χ3n) is 4.31. The first-order valence-electron chi connectivity index (χ1n) is 7.23. The Labute approximate surface area is 136 Å². The van der Waals surface area contributed by atoms with Crippen molar-refractivity contribution in [1.29, 1.82) is 0 Å². The van der Waals surface area contributed by atoms with E-state index in [9.17, 15) is 0 Å². The molecule has 1 unspecified atom stereocenters. The van der Waals surface area contributed by atoms with E-state index in [2.05, 4.69) is 55.3 Å². The molecule has 0 saturated carbocycles. The Balaban J connectivity index is 0.00000147. The summed E-state index contributed by atoms with van der Waals surface area (Å²) in [7, 11) is 0. The highest BCUT2D eigenvalue weighted by Crippen LogP contribution is 2.19. The molecule has 3 nitrogen and oxygen atoms in total. The van der Waals surface area contributed by atoms with Crippen molar-refractivity contribution in [2.24, 2.45) is 0 Å². The Morgan fingerprint density at radius 1 is 1.15 bits per heavy atom. The Kier molecular flexibility index (Phi) is 6.30. The minimum Gasteiger partial charge on any atom is -0.315 e. The van der Waals surface area contributed by atoms with Crippen LogP contribution in [-0.4, -0.2) is 55.1 Å². The first-order chi connectivity index (χ1) is 9.33. The molecule has 2 saturated heterocycles. The van der Waals surface area contributed by atoms with Crippen molar-refractivity contribution in [3.63, 3.8) is 0 Å². The van der Waals surface area contributed by atoms with Gasteiger partial charge < -0.3 is 5.32 Å². The summed E-state index contributed by atoms with van der Waals surface area (Å²) in [5.41, 5.74) is 1.40. The predicted molar refractivity (Wildman–Crippen MR) is 89.5 cm³/mol. The summed E-state index contributed by atoms with van der Waals surface area (Å²) in [6.45, 7) is 8.27. The lowest BCUT2D eigenvalue weighted by Crippen LogP contribution is -2.50. The molecule has 0 aliphatic carbocycles. The van der Waals surface area contributed by atoms with Gasteiger partial charge in [-0.25, -0.2) is 0 Å². The molecule has 1 N–H and O–H groups in total. The first-order valence-corrected chi connectivity index (χ1v) is 8.03. The predicted octanol–water partition coefficient (Wildman–Crippen LogP) is 2.35. The van der Waals surface area contributed by atoms with Crippen LogP contribution in [0.15, 0.2) is 28.7 Å². The van der Waals surface area contributed by atoms with E-state index in [0.29, 0.717) is 0 Å². The van der Waals surface area contributed by atoms with E-state index in [4.69, 9.17) is 0 Å². The molecule has 3 rings (SSSR count). The van der Waals surface area contributed by atoms with Crippen molar-refractivity contribution in [2.45, 2.75) is 19.0 Å². The van der Waals surface area contributed by atoms with Crippen molar-refractivity contribution in [1.82, 2.24) is 15.1 Å². The molecular weight excluding hydrogens is 338 g/mol. The summed E-state index contributed by atoms with van der Waals surface area (Å²) in [5.74, 6) is 0. The van der Waals surface area contributed by atoms with Crippen LogP contribution in [0.4, 0.5) is 0 Å². The summed E-state index contributed by atoms with van der Waals surface area (Å²) in [6.07, 6.45) is 1.32. The number of piperazine rings is 1. The fraction of sp³-hybridized carbons (Fsp3) is 0.600. The third-order valence-corrected chi connectivity index (χ3v) is 5.08. The molecule has 0 aromatic heterocycles. The molecule has 5 heteroatoms. The smallest absolute Gasteiger partial charge is 0.0246 e. The van der Waals surface area contributed by atoms with Gasteiger partial charge in [-0.15, -0.1) is 12.4 Å². The minimum absolute atomic E-state index is 0. The molecule has 2 fully saturated rings. The zero-order valence-corrected chi connectivity index (χ0v) is 14.1. The van der Waals surface area contributed by atoms with Crippen molar-refractivity contribution < 1.29 is 0 Å². The van der Waals surface area contributed by atoms with Crippen LogP contribution in [0.25, 0.3) is 0 Å². The van der Waals surface area contributed by atoms with E-state index < -0.39 is 0 Å². The highest BCUT2D eigenvalue weighted by Gasteiger charge is 2.25. The highest BCUT2D eigenvalue weighted by atomic mass is 79.9. The second-order valence-corrected chi connectivity index (χ2v) is 6.40. The number of nitrogens with one attached hydrogen (secondary N) is 1. The quantitative estimate of drug-likeness (QED) is 0.892. The van der Waals surface area contributed by atoms with E-state index >= 15 is 0 Å². The van der Waals surface area contributed by atoms with Gasteiger partial charge in [-0.1, -0.05) is 34.1 Å². The molecule has 1 atom stereocenters. The van der Waals surface area contributed by atoms with Crippen molar-refractivity contribution in [3.05, 3.63) is 34.3 Å². The van der Waals surface area contributed by atoms with Crippen LogP contribution < -0.4 is 5.32 Å². The molecule has 2 aliphatic rings. The number of hydrogen-bond donors (Lipinski definition) is 1. The van der Waals surface area contributed by atoms with E-state index in [-0.39, 0.29) is 12.4 Å². The lowest BCUT2D eigenvalue weighted by atomic mass is 10.1. The zero-order chi connectivity index (χ0) is 13.1. The second kappa shape index (κ2) is 7.76. The van der Waals surface area contributed by atoms with Gasteiger partial charge in [0.05, 0.1) is 0 Å². The van der Waals surface area contributed by atoms with Gasteiger partial charge in [0.25, 0.3) is 0 Å². The van der Waals surface area contributed by atoms with E-state index in [1.807, 2.05) is 0 Å². The summed E-state index contributed by atoms with van der Waals surface area (Å²) in [4.78, 5) is 5.23. The number of hydrogen-bond acceptors (Lipinski definition) is 3. The molecule has 2 heterocycles. The number of rotatable bonds is 3. The SMILES string of the molecule is Brc1ccccc1CN1CCN(C2CCNC2)CC1.Cl. The third kappa shape index (κ3) is 3.95. The van der Waals surface area contributed by atoms with Crippen LogP contribution in [0, 0.1) is 0 Å². The molecule has 0 spiro atoms. The molecule has 1 aromatic carbocycles. The van der Waals surface area contributed by atoms with Crippen LogP contribution in [0.3, 0.4) is 0 Å². The second-order valence-electron chi connectivity index (χ2n) is 5.55. The maximum absolute atomic E-state index is 3.64. The number of benzene rings is 1. The molecule has 0 radical (unpaired) electrons. The normalized spacial score (nSPS) is 24.6. The average molecular weight is 361 g/mol. The van der Waals surface area contributed by atoms with E-state index in [1.165, 1.54) is 55.7 Å². The minimum atomic E-state index is 0. The topological polar surface area (TPSA) is 18.5 Å². The van der Waals surface area contributed by atoms with Gasteiger partial charge in [-0.05, 0) is 24.6 Å². The van der Waals surface area contributed by atoms with Crippen molar-refractivity contribution in [2.75, 3.05) is 39.3 Å². The molecule has 112 valence electrons. The van der Waals surface area contributed by atoms with Gasteiger partial charge in [0, 0.05) is 49.8 Å². The number of halogens is 2. The Hall–Kier alpha value is -0.130. The van der Waals surface area contributed by atoms with Crippen LogP contribution in [-0.2, 0) is 6.54 Å². The summed E-state index contributed by atoms with van der Waals surface area (Å²) in [5, 5.41) is 3.47. The molecule has 1 aromatic rings. The van der Waals surface area contributed by atoms with Gasteiger partial charge in [0.2, 0.25) is 0 Å². The lowest BCUT2D eigenvalue weighted by Gasteiger charge is -2.37. The average Bonchev–Trinajstić information content (AvgIpc) is 2.96. The van der Waals surface area contributed by atoms with Gasteiger partial charge >= 0.3 is 0 Å². The van der Waals surface area contributed by atoms with Crippen molar-refractivity contribution in [3.8, 4) is 0 Å². The lowest BCUT2D eigenvalue weighted by molar-refractivity contribution is 0.0980. The zero-order valence-electron chi connectivity index (χ0n) is 11.7. The molecule has 2 aliphatic heterocycles.